The molecule has 0 saturated heterocycles. The largest absolute Gasteiger partial charge is 0.497 e. The summed E-state index contributed by atoms with van der Waals surface area (Å²) in [5, 5.41) is 1.34. The van der Waals surface area contributed by atoms with Crippen LogP contribution in [-0.2, 0) is 0 Å². The first-order valence-corrected chi connectivity index (χ1v) is 7.65. The summed E-state index contributed by atoms with van der Waals surface area (Å²) in [5.74, 6) is 2.64. The summed E-state index contributed by atoms with van der Waals surface area (Å²) >= 11 is 1.97. The number of rotatable bonds is 2. The predicted molar refractivity (Wildman–Crippen MR) is 78.8 cm³/mol. The van der Waals surface area contributed by atoms with E-state index in [-0.39, 0.29) is 0 Å². The first-order chi connectivity index (χ1) is 8.76. The van der Waals surface area contributed by atoms with E-state index in [9.17, 15) is 0 Å². The van der Waals surface area contributed by atoms with Crippen molar-refractivity contribution in [1.82, 2.24) is 0 Å². The Bertz CT molecular complexity index is 543. The third-order valence-electron chi connectivity index (χ3n) is 4.08. The quantitative estimate of drug-likeness (QED) is 0.720. The van der Waals surface area contributed by atoms with Crippen molar-refractivity contribution in [1.29, 1.82) is 0 Å². The molecule has 96 valence electrons. The van der Waals surface area contributed by atoms with Gasteiger partial charge in [-0.3, -0.25) is 0 Å². The Hall–Kier alpha value is -1.02. The van der Waals surface area contributed by atoms with Crippen molar-refractivity contribution in [2.24, 2.45) is 5.92 Å². The lowest BCUT2D eigenvalue weighted by Gasteiger charge is -2.25. The monoisotopic (exact) mass is 260 g/mol. The lowest BCUT2D eigenvalue weighted by molar-refractivity contribution is 0.347. The van der Waals surface area contributed by atoms with Gasteiger partial charge in [0.05, 0.1) is 7.11 Å². The summed E-state index contributed by atoms with van der Waals surface area (Å²) in [4.78, 5) is 1.57. The van der Waals surface area contributed by atoms with Crippen LogP contribution in [0.5, 0.6) is 5.75 Å². The molecule has 0 aliphatic heterocycles. The van der Waals surface area contributed by atoms with Gasteiger partial charge in [-0.25, -0.2) is 0 Å². The van der Waals surface area contributed by atoms with Crippen LogP contribution in [0.25, 0.3) is 10.1 Å². The zero-order valence-corrected chi connectivity index (χ0v) is 11.9. The van der Waals surface area contributed by atoms with E-state index in [0.29, 0.717) is 0 Å². The number of ether oxygens (including phenoxy) is 1. The normalized spacial score (nSPS) is 24.3. The average molecular weight is 260 g/mol. The number of hydrogen-bond acceptors (Lipinski definition) is 2. The highest BCUT2D eigenvalue weighted by Gasteiger charge is 2.21. The van der Waals surface area contributed by atoms with E-state index < -0.39 is 0 Å². The van der Waals surface area contributed by atoms with E-state index in [1.807, 2.05) is 11.3 Å². The average Bonchev–Trinajstić information content (AvgIpc) is 2.81. The number of methoxy groups -OCH3 is 1. The molecule has 18 heavy (non-hydrogen) atoms. The summed E-state index contributed by atoms with van der Waals surface area (Å²) in [5.41, 5.74) is 0. The highest BCUT2D eigenvalue weighted by atomic mass is 32.1. The third-order valence-corrected chi connectivity index (χ3v) is 5.36. The van der Waals surface area contributed by atoms with Crippen LogP contribution in [0.15, 0.2) is 24.3 Å². The van der Waals surface area contributed by atoms with Gasteiger partial charge in [0.1, 0.15) is 5.75 Å². The zero-order chi connectivity index (χ0) is 12.5. The lowest BCUT2D eigenvalue weighted by atomic mass is 9.82. The number of benzene rings is 1. The molecule has 1 aliphatic carbocycles. The van der Waals surface area contributed by atoms with Gasteiger partial charge in [-0.15, -0.1) is 11.3 Å². The molecule has 1 fully saturated rings. The van der Waals surface area contributed by atoms with Gasteiger partial charge in [0.2, 0.25) is 0 Å². The summed E-state index contributed by atoms with van der Waals surface area (Å²) in [6, 6.07) is 8.79. The maximum atomic E-state index is 5.30. The minimum Gasteiger partial charge on any atom is -0.497 e. The highest BCUT2D eigenvalue weighted by molar-refractivity contribution is 7.19. The molecule has 2 aromatic rings. The Kier molecular flexibility index (Phi) is 3.29. The summed E-state index contributed by atoms with van der Waals surface area (Å²) in [6.45, 7) is 2.39. The molecule has 0 radical (unpaired) electrons. The predicted octanol–water partition coefficient (Wildman–Crippen LogP) is 5.20. The van der Waals surface area contributed by atoms with E-state index in [0.717, 1.165) is 17.6 Å². The van der Waals surface area contributed by atoms with E-state index in [1.165, 1.54) is 35.8 Å². The standard InChI is InChI=1S/C16H20OS/c1-11-4-3-5-12(8-11)16-10-13-9-14(17-2)6-7-15(13)18-16/h6-7,9-12H,3-5,8H2,1-2H3. The summed E-state index contributed by atoms with van der Waals surface area (Å²) in [6.07, 6.45) is 5.54. The molecule has 2 heteroatoms. The minimum atomic E-state index is 0.789. The van der Waals surface area contributed by atoms with Crippen LogP contribution in [0.1, 0.15) is 43.4 Å². The molecule has 2 atom stereocenters. The lowest BCUT2D eigenvalue weighted by Crippen LogP contribution is -2.10. The van der Waals surface area contributed by atoms with Gasteiger partial charge < -0.3 is 4.74 Å². The fraction of sp³-hybridized carbons (Fsp3) is 0.500. The van der Waals surface area contributed by atoms with Gasteiger partial charge in [-0.05, 0) is 54.3 Å². The van der Waals surface area contributed by atoms with Gasteiger partial charge >= 0.3 is 0 Å². The molecular weight excluding hydrogens is 240 g/mol. The number of fused-ring (bicyclic) bond motifs is 1. The molecule has 0 N–H and O–H groups in total. The smallest absolute Gasteiger partial charge is 0.119 e. The van der Waals surface area contributed by atoms with Crippen LogP contribution in [0.2, 0.25) is 0 Å². The van der Waals surface area contributed by atoms with Crippen LogP contribution in [0, 0.1) is 5.92 Å². The second-order valence-corrected chi connectivity index (χ2v) is 6.64. The van der Waals surface area contributed by atoms with Gasteiger partial charge in [0, 0.05) is 9.58 Å². The third kappa shape index (κ3) is 2.26. The molecule has 2 unspecified atom stereocenters. The molecule has 3 rings (SSSR count). The van der Waals surface area contributed by atoms with Crippen molar-refractivity contribution in [3.63, 3.8) is 0 Å². The molecule has 0 bridgehead atoms. The van der Waals surface area contributed by atoms with Crippen molar-refractivity contribution in [2.75, 3.05) is 7.11 Å². The second kappa shape index (κ2) is 4.93. The van der Waals surface area contributed by atoms with Crippen molar-refractivity contribution < 1.29 is 4.74 Å². The van der Waals surface area contributed by atoms with Crippen molar-refractivity contribution >= 4 is 21.4 Å². The summed E-state index contributed by atoms with van der Waals surface area (Å²) in [7, 11) is 1.73. The topological polar surface area (TPSA) is 9.23 Å². The van der Waals surface area contributed by atoms with Crippen LogP contribution in [0.4, 0.5) is 0 Å². The molecule has 0 amide bonds. The Morgan fingerprint density at radius 1 is 1.22 bits per heavy atom. The molecule has 0 spiro atoms. The van der Waals surface area contributed by atoms with E-state index in [1.54, 1.807) is 12.0 Å². The van der Waals surface area contributed by atoms with Crippen molar-refractivity contribution in [2.45, 2.75) is 38.5 Å². The molecule has 1 aromatic heterocycles. The first kappa shape index (κ1) is 12.0. The van der Waals surface area contributed by atoms with Crippen molar-refractivity contribution in [3.8, 4) is 5.75 Å². The van der Waals surface area contributed by atoms with Gasteiger partial charge in [-0.1, -0.05) is 19.8 Å². The maximum absolute atomic E-state index is 5.30. The minimum absolute atomic E-state index is 0.789. The number of hydrogen-bond donors (Lipinski definition) is 0. The van der Waals surface area contributed by atoms with Crippen molar-refractivity contribution in [3.05, 3.63) is 29.1 Å². The Labute approximate surface area is 113 Å². The Balaban J connectivity index is 1.92. The highest BCUT2D eigenvalue weighted by Crippen LogP contribution is 2.41. The molecule has 1 saturated carbocycles. The molecular formula is C16H20OS. The van der Waals surface area contributed by atoms with E-state index in [2.05, 4.69) is 31.2 Å². The van der Waals surface area contributed by atoms with Gasteiger partial charge in [0.25, 0.3) is 0 Å². The van der Waals surface area contributed by atoms with Gasteiger partial charge in [0.15, 0.2) is 0 Å². The second-order valence-electron chi connectivity index (χ2n) is 5.52. The van der Waals surface area contributed by atoms with Gasteiger partial charge in [-0.2, -0.15) is 0 Å². The zero-order valence-electron chi connectivity index (χ0n) is 11.1. The summed E-state index contributed by atoms with van der Waals surface area (Å²) < 4.78 is 6.69. The van der Waals surface area contributed by atoms with E-state index >= 15 is 0 Å². The maximum Gasteiger partial charge on any atom is 0.119 e. The molecule has 1 nitrogen and oxygen atoms in total. The first-order valence-electron chi connectivity index (χ1n) is 6.84. The van der Waals surface area contributed by atoms with Crippen LogP contribution in [-0.4, -0.2) is 7.11 Å². The molecule has 1 aromatic carbocycles. The SMILES string of the molecule is COc1ccc2sc(C3CCCC(C)C3)cc2c1. The molecule has 1 heterocycles. The van der Waals surface area contributed by atoms with E-state index in [4.69, 9.17) is 4.74 Å². The van der Waals surface area contributed by atoms with Crippen LogP contribution >= 0.6 is 11.3 Å². The fourth-order valence-corrected chi connectivity index (χ4v) is 4.26. The van der Waals surface area contributed by atoms with Crippen LogP contribution in [0.3, 0.4) is 0 Å². The van der Waals surface area contributed by atoms with Crippen LogP contribution < -0.4 is 4.74 Å². The molecule has 1 aliphatic rings. The fourth-order valence-electron chi connectivity index (χ4n) is 3.06. The Morgan fingerprint density at radius 2 is 2.11 bits per heavy atom. The number of thiophene rings is 1. The Morgan fingerprint density at radius 3 is 2.89 bits per heavy atom.